The summed E-state index contributed by atoms with van der Waals surface area (Å²) in [5.74, 6) is 3.11. The monoisotopic (exact) mass is 432 g/mol. The lowest BCUT2D eigenvalue weighted by Crippen LogP contribution is -2.01. The Hall–Kier alpha value is -4.11. The van der Waals surface area contributed by atoms with Crippen molar-refractivity contribution in [2.24, 2.45) is 0 Å². The minimum Gasteiger partial charge on any atom is -0.497 e. The first-order valence-corrected chi connectivity index (χ1v) is 9.99. The molecule has 0 aliphatic heterocycles. The van der Waals surface area contributed by atoms with E-state index in [0.717, 1.165) is 28.1 Å². The summed E-state index contributed by atoms with van der Waals surface area (Å²) in [5, 5.41) is 23.2. The Morgan fingerprint density at radius 1 is 0.969 bits per heavy atom. The normalized spacial score (nSPS) is 10.6. The van der Waals surface area contributed by atoms with Crippen LogP contribution in [0.15, 0.2) is 60.8 Å². The van der Waals surface area contributed by atoms with Gasteiger partial charge in [-0.15, -0.1) is 5.10 Å². The van der Waals surface area contributed by atoms with Crippen LogP contribution in [0.25, 0.3) is 11.4 Å². The van der Waals surface area contributed by atoms with Gasteiger partial charge in [-0.2, -0.15) is 4.98 Å². The maximum Gasteiger partial charge on any atom is 0.242 e. The molecule has 164 valence electrons. The first-order chi connectivity index (χ1) is 15.7. The van der Waals surface area contributed by atoms with Gasteiger partial charge in [0.2, 0.25) is 5.95 Å². The molecule has 0 aliphatic rings. The third-order valence-electron chi connectivity index (χ3n) is 4.81. The van der Waals surface area contributed by atoms with Crippen LogP contribution in [0.1, 0.15) is 11.1 Å². The summed E-state index contributed by atoms with van der Waals surface area (Å²) >= 11 is 0. The molecule has 4 aromatic rings. The molecule has 2 aromatic carbocycles. The number of methoxy groups -OCH3 is 2. The molecule has 2 aromatic heterocycles. The van der Waals surface area contributed by atoms with Gasteiger partial charge in [0.05, 0.1) is 26.4 Å². The molecule has 0 spiro atoms. The number of ether oxygens (including phenoxy) is 2. The summed E-state index contributed by atoms with van der Waals surface area (Å²) in [7, 11) is 3.23. The molecule has 0 saturated carbocycles. The number of hydrogen-bond acceptors (Lipinski definition) is 8. The van der Waals surface area contributed by atoms with Crippen LogP contribution in [0.2, 0.25) is 0 Å². The maximum atomic E-state index is 9.51. The first-order valence-electron chi connectivity index (χ1n) is 9.99. The lowest BCUT2D eigenvalue weighted by atomic mass is 10.2. The number of nitrogens with zero attached hydrogens (tertiary/aromatic N) is 3. The molecule has 0 atom stereocenters. The largest absolute Gasteiger partial charge is 0.497 e. The molecule has 0 aliphatic carbocycles. The van der Waals surface area contributed by atoms with Gasteiger partial charge in [-0.1, -0.05) is 12.1 Å². The third kappa shape index (κ3) is 4.96. The van der Waals surface area contributed by atoms with Crippen LogP contribution >= 0.6 is 0 Å². The van der Waals surface area contributed by atoms with E-state index in [9.17, 15) is 5.11 Å². The molecule has 0 saturated heterocycles. The second-order valence-corrected chi connectivity index (χ2v) is 6.96. The smallest absolute Gasteiger partial charge is 0.242 e. The van der Waals surface area contributed by atoms with Crippen LogP contribution in [-0.4, -0.2) is 39.5 Å². The number of nitrogens with one attached hydrogen (secondary N) is 3. The van der Waals surface area contributed by atoms with Gasteiger partial charge in [0.15, 0.2) is 5.82 Å². The van der Waals surface area contributed by atoms with Crippen LogP contribution in [0.5, 0.6) is 11.5 Å². The molecule has 32 heavy (non-hydrogen) atoms. The van der Waals surface area contributed by atoms with E-state index in [-0.39, 0.29) is 6.61 Å². The van der Waals surface area contributed by atoms with Crippen molar-refractivity contribution in [1.29, 1.82) is 0 Å². The van der Waals surface area contributed by atoms with Crippen molar-refractivity contribution in [3.63, 3.8) is 0 Å². The van der Waals surface area contributed by atoms with E-state index in [1.54, 1.807) is 26.5 Å². The van der Waals surface area contributed by atoms with Crippen molar-refractivity contribution >= 4 is 17.5 Å². The number of aliphatic hydroxyl groups excluding tert-OH is 1. The van der Waals surface area contributed by atoms with Gasteiger partial charge in [0.25, 0.3) is 0 Å². The predicted octanol–water partition coefficient (Wildman–Crippen LogP) is 3.73. The summed E-state index contributed by atoms with van der Waals surface area (Å²) in [6.45, 7) is 0.486. The number of aromatic amines is 1. The highest BCUT2D eigenvalue weighted by molar-refractivity contribution is 5.75. The lowest BCUT2D eigenvalue weighted by Gasteiger charge is -2.12. The highest BCUT2D eigenvalue weighted by Crippen LogP contribution is 2.29. The molecule has 9 nitrogen and oxygen atoms in total. The van der Waals surface area contributed by atoms with Gasteiger partial charge in [-0.05, 0) is 47.5 Å². The summed E-state index contributed by atoms with van der Waals surface area (Å²) in [6, 6.07) is 17.0. The second-order valence-electron chi connectivity index (χ2n) is 6.96. The molecule has 0 fully saturated rings. The standard InChI is InChI=1S/C23H24N6O3/c1-31-18-7-5-15(6-8-18)13-25-23-27-22(28-29-23)20-4-3-9-24-21(20)26-17-10-16(14-30)11-19(12-17)32-2/h3-12,30H,13-14H2,1-2H3,(H,24,26)(H2,25,27,28,29). The van der Waals surface area contributed by atoms with Crippen molar-refractivity contribution in [3.05, 3.63) is 71.9 Å². The third-order valence-corrected chi connectivity index (χ3v) is 4.81. The molecule has 0 bridgehead atoms. The van der Waals surface area contributed by atoms with E-state index in [1.165, 1.54) is 0 Å². The van der Waals surface area contributed by atoms with E-state index in [1.807, 2.05) is 48.5 Å². The van der Waals surface area contributed by atoms with Gasteiger partial charge >= 0.3 is 0 Å². The molecule has 4 rings (SSSR count). The number of aromatic nitrogens is 4. The van der Waals surface area contributed by atoms with Gasteiger partial charge in [0.1, 0.15) is 17.3 Å². The Labute approximate surface area is 185 Å². The van der Waals surface area contributed by atoms with Crippen LogP contribution in [-0.2, 0) is 13.2 Å². The zero-order valence-corrected chi connectivity index (χ0v) is 17.8. The number of pyridine rings is 1. The highest BCUT2D eigenvalue weighted by Gasteiger charge is 2.12. The lowest BCUT2D eigenvalue weighted by molar-refractivity contribution is 0.281. The Morgan fingerprint density at radius 2 is 1.78 bits per heavy atom. The fraction of sp³-hybridized carbons (Fsp3) is 0.174. The van der Waals surface area contributed by atoms with Crippen LogP contribution in [0.3, 0.4) is 0 Å². The second kappa shape index (κ2) is 9.80. The summed E-state index contributed by atoms with van der Waals surface area (Å²) in [6.07, 6.45) is 1.69. The number of benzene rings is 2. The van der Waals surface area contributed by atoms with E-state index in [2.05, 4.69) is 30.8 Å². The van der Waals surface area contributed by atoms with Crippen molar-refractivity contribution in [3.8, 4) is 22.9 Å². The first kappa shape index (κ1) is 21.1. The van der Waals surface area contributed by atoms with Crippen molar-refractivity contribution < 1.29 is 14.6 Å². The quantitative estimate of drug-likeness (QED) is 0.316. The van der Waals surface area contributed by atoms with Gasteiger partial charge in [-0.25, -0.2) is 4.98 Å². The van der Waals surface area contributed by atoms with Crippen molar-refractivity contribution in [2.75, 3.05) is 24.9 Å². The van der Waals surface area contributed by atoms with Gasteiger partial charge < -0.3 is 25.2 Å². The van der Waals surface area contributed by atoms with Crippen LogP contribution < -0.4 is 20.1 Å². The summed E-state index contributed by atoms with van der Waals surface area (Å²) < 4.78 is 10.5. The van der Waals surface area contributed by atoms with E-state index >= 15 is 0 Å². The van der Waals surface area contributed by atoms with Gasteiger partial charge in [-0.3, -0.25) is 5.10 Å². The fourth-order valence-electron chi connectivity index (χ4n) is 3.16. The Morgan fingerprint density at radius 3 is 2.53 bits per heavy atom. The maximum absolute atomic E-state index is 9.51. The van der Waals surface area contributed by atoms with Crippen LogP contribution in [0, 0.1) is 0 Å². The molecule has 0 radical (unpaired) electrons. The number of aliphatic hydroxyl groups is 1. The van der Waals surface area contributed by atoms with Crippen LogP contribution in [0.4, 0.5) is 17.5 Å². The number of rotatable bonds is 9. The zero-order valence-electron chi connectivity index (χ0n) is 17.8. The Bertz CT molecular complexity index is 1150. The Balaban J connectivity index is 1.51. The molecule has 0 amide bonds. The number of hydrogen-bond donors (Lipinski definition) is 4. The minimum absolute atomic E-state index is 0.0910. The van der Waals surface area contributed by atoms with E-state index in [4.69, 9.17) is 9.47 Å². The van der Waals surface area contributed by atoms with Crippen molar-refractivity contribution in [2.45, 2.75) is 13.2 Å². The SMILES string of the molecule is COc1ccc(CNc2n[nH]c(-c3cccnc3Nc3cc(CO)cc(OC)c3)n2)cc1. The van der Waals surface area contributed by atoms with E-state index in [0.29, 0.717) is 29.9 Å². The number of anilines is 3. The minimum atomic E-state index is -0.0910. The highest BCUT2D eigenvalue weighted by atomic mass is 16.5. The predicted molar refractivity (Wildman–Crippen MR) is 122 cm³/mol. The van der Waals surface area contributed by atoms with Crippen molar-refractivity contribution in [1.82, 2.24) is 20.2 Å². The average molecular weight is 432 g/mol. The molecular formula is C23H24N6O3. The topological polar surface area (TPSA) is 117 Å². The molecule has 9 heteroatoms. The van der Waals surface area contributed by atoms with E-state index < -0.39 is 0 Å². The Kier molecular flexibility index (Phi) is 6.47. The molecule has 0 unspecified atom stereocenters. The fourth-order valence-corrected chi connectivity index (χ4v) is 3.16. The molecule has 2 heterocycles. The number of H-pyrrole nitrogens is 1. The summed E-state index contributed by atoms with van der Waals surface area (Å²) in [5.41, 5.74) is 3.31. The molecular weight excluding hydrogens is 408 g/mol. The van der Waals surface area contributed by atoms with Gasteiger partial charge in [0, 0.05) is 24.5 Å². The molecule has 4 N–H and O–H groups in total. The summed E-state index contributed by atoms with van der Waals surface area (Å²) in [4.78, 5) is 9.00. The average Bonchev–Trinajstić information content (AvgIpc) is 3.32. The zero-order chi connectivity index (χ0) is 22.3.